The van der Waals surface area contributed by atoms with E-state index in [-0.39, 0.29) is 5.91 Å². The van der Waals surface area contributed by atoms with Gasteiger partial charge in [-0.05, 0) is 36.5 Å². The second-order valence-corrected chi connectivity index (χ2v) is 4.66. The lowest BCUT2D eigenvalue weighted by Crippen LogP contribution is -2.30. The molecule has 6 heteroatoms. The number of nitrogens with one attached hydrogen (secondary N) is 1. The molecule has 1 N–H and O–H groups in total. The number of amides is 1. The predicted molar refractivity (Wildman–Crippen MR) is 78.0 cm³/mol. The number of benzene rings is 1. The molecule has 19 heavy (non-hydrogen) atoms. The average molecular weight is 277 g/mol. The van der Waals surface area contributed by atoms with Crippen molar-refractivity contribution in [3.63, 3.8) is 0 Å². The number of rotatable bonds is 3. The minimum atomic E-state index is -0.163. The summed E-state index contributed by atoms with van der Waals surface area (Å²) in [5.74, 6) is 0.571. The summed E-state index contributed by atoms with van der Waals surface area (Å²) in [7, 11) is 5.29. The summed E-state index contributed by atoms with van der Waals surface area (Å²) in [5.41, 5.74) is 1.18. The van der Waals surface area contributed by atoms with Gasteiger partial charge in [0.05, 0.1) is 12.8 Å². The predicted octanol–water partition coefficient (Wildman–Crippen LogP) is 1.32. The highest BCUT2D eigenvalue weighted by Crippen LogP contribution is 2.23. The van der Waals surface area contributed by atoms with Crippen molar-refractivity contribution in [2.75, 3.05) is 26.1 Å². The quantitative estimate of drug-likeness (QED) is 0.667. The molecule has 5 nitrogen and oxygen atoms in total. The van der Waals surface area contributed by atoms with Gasteiger partial charge in [-0.3, -0.25) is 9.69 Å². The Bertz CT molecular complexity index is 537. The number of hydrogen-bond acceptors (Lipinski definition) is 4. The second kappa shape index (κ2) is 5.27. The number of methoxy groups -OCH3 is 1. The molecule has 2 rings (SSSR count). The molecule has 100 valence electrons. The maximum Gasteiger partial charge on any atom is 0.282 e. The number of carbonyl (C=O) groups excluding carboxylic acids is 1. The number of hydrogen-bond donors (Lipinski definition) is 1. The van der Waals surface area contributed by atoms with Crippen LogP contribution in [0.5, 0.6) is 5.75 Å². The first-order valence-electron chi connectivity index (χ1n) is 5.70. The fraction of sp³-hybridized carbons (Fsp3) is 0.231. The SMILES string of the molecule is COc1ccc(N2C(=O)/C(=C/N(C)C)NC2=S)cc1. The summed E-state index contributed by atoms with van der Waals surface area (Å²) in [6, 6.07) is 7.17. The van der Waals surface area contributed by atoms with Gasteiger partial charge in [0.2, 0.25) is 0 Å². The summed E-state index contributed by atoms with van der Waals surface area (Å²) in [4.78, 5) is 15.5. The van der Waals surface area contributed by atoms with Crippen molar-refractivity contribution < 1.29 is 9.53 Å². The molecule has 0 unspecified atom stereocenters. The van der Waals surface area contributed by atoms with Crippen molar-refractivity contribution in [1.29, 1.82) is 0 Å². The Balaban J connectivity index is 2.29. The van der Waals surface area contributed by atoms with Gasteiger partial charge in [0, 0.05) is 20.3 Å². The fourth-order valence-electron chi connectivity index (χ4n) is 1.75. The van der Waals surface area contributed by atoms with Gasteiger partial charge in [-0.2, -0.15) is 0 Å². The van der Waals surface area contributed by atoms with Crippen LogP contribution in [0.25, 0.3) is 0 Å². The van der Waals surface area contributed by atoms with Crippen molar-refractivity contribution in [3.05, 3.63) is 36.2 Å². The van der Waals surface area contributed by atoms with E-state index in [4.69, 9.17) is 17.0 Å². The summed E-state index contributed by atoms with van der Waals surface area (Å²) >= 11 is 5.19. The van der Waals surface area contributed by atoms with E-state index < -0.39 is 0 Å². The zero-order valence-electron chi connectivity index (χ0n) is 11.0. The molecule has 0 atom stereocenters. The average Bonchev–Trinajstić information content (AvgIpc) is 2.64. The van der Waals surface area contributed by atoms with E-state index in [1.54, 1.807) is 42.5 Å². The molecule has 0 radical (unpaired) electrons. The van der Waals surface area contributed by atoms with Crippen molar-refractivity contribution in [2.24, 2.45) is 0 Å². The van der Waals surface area contributed by atoms with Gasteiger partial charge in [0.25, 0.3) is 5.91 Å². The third-order valence-corrected chi connectivity index (χ3v) is 2.88. The maximum atomic E-state index is 12.3. The zero-order chi connectivity index (χ0) is 14.0. The summed E-state index contributed by atoms with van der Waals surface area (Å²) < 4.78 is 5.09. The number of ether oxygens (including phenoxy) is 1. The highest BCUT2D eigenvalue weighted by molar-refractivity contribution is 7.80. The Labute approximate surface area is 117 Å². The van der Waals surface area contributed by atoms with Crippen LogP contribution in [-0.2, 0) is 4.79 Å². The Hall–Kier alpha value is -2.08. The molecule has 0 bridgehead atoms. The molecule has 1 aromatic rings. The minimum Gasteiger partial charge on any atom is -0.497 e. The smallest absolute Gasteiger partial charge is 0.282 e. The molecule has 0 aliphatic carbocycles. The zero-order valence-corrected chi connectivity index (χ0v) is 11.8. The van der Waals surface area contributed by atoms with Gasteiger partial charge in [0.1, 0.15) is 11.4 Å². The second-order valence-electron chi connectivity index (χ2n) is 4.28. The van der Waals surface area contributed by atoms with E-state index in [0.29, 0.717) is 16.5 Å². The van der Waals surface area contributed by atoms with E-state index >= 15 is 0 Å². The van der Waals surface area contributed by atoms with Crippen molar-refractivity contribution in [3.8, 4) is 5.75 Å². The van der Waals surface area contributed by atoms with Crippen molar-refractivity contribution >= 4 is 28.9 Å². The molecule has 1 heterocycles. The van der Waals surface area contributed by atoms with Crippen LogP contribution in [0, 0.1) is 0 Å². The molecule has 0 spiro atoms. The molecule has 1 aliphatic rings. The molecule has 1 aliphatic heterocycles. The van der Waals surface area contributed by atoms with Crippen LogP contribution in [0.15, 0.2) is 36.2 Å². The molecule has 1 aromatic carbocycles. The fourth-order valence-corrected chi connectivity index (χ4v) is 2.05. The Kier molecular flexibility index (Phi) is 3.71. The van der Waals surface area contributed by atoms with Crippen LogP contribution >= 0.6 is 12.2 Å². The van der Waals surface area contributed by atoms with E-state index in [2.05, 4.69) is 5.32 Å². The third-order valence-electron chi connectivity index (χ3n) is 2.60. The molecule has 1 amide bonds. The first kappa shape index (κ1) is 13.4. The van der Waals surface area contributed by atoms with Gasteiger partial charge in [0.15, 0.2) is 5.11 Å². The van der Waals surface area contributed by atoms with Gasteiger partial charge < -0.3 is 15.0 Å². The molecule has 1 fully saturated rings. The van der Waals surface area contributed by atoms with E-state index in [1.807, 2.05) is 14.1 Å². The first-order valence-corrected chi connectivity index (χ1v) is 6.11. The van der Waals surface area contributed by atoms with Gasteiger partial charge in [-0.15, -0.1) is 0 Å². The first-order chi connectivity index (χ1) is 9.02. The van der Waals surface area contributed by atoms with Crippen LogP contribution in [0.3, 0.4) is 0 Å². The monoisotopic (exact) mass is 277 g/mol. The lowest BCUT2D eigenvalue weighted by Gasteiger charge is -2.14. The topological polar surface area (TPSA) is 44.8 Å². The number of anilines is 1. The van der Waals surface area contributed by atoms with Gasteiger partial charge in [-0.25, -0.2) is 0 Å². The summed E-state index contributed by atoms with van der Waals surface area (Å²) in [6.45, 7) is 0. The number of thiocarbonyl (C=S) groups is 1. The molecule has 1 saturated heterocycles. The van der Waals surface area contributed by atoms with Crippen LogP contribution in [0.1, 0.15) is 0 Å². The van der Waals surface area contributed by atoms with Gasteiger partial charge in [-0.1, -0.05) is 0 Å². The lowest BCUT2D eigenvalue weighted by atomic mass is 10.2. The van der Waals surface area contributed by atoms with E-state index in [1.165, 1.54) is 4.90 Å². The molecule has 0 aromatic heterocycles. The molecular formula is C13H15N3O2S. The van der Waals surface area contributed by atoms with Crippen LogP contribution in [0.4, 0.5) is 5.69 Å². The Morgan fingerprint density at radius 3 is 2.47 bits per heavy atom. The largest absolute Gasteiger partial charge is 0.497 e. The van der Waals surface area contributed by atoms with Crippen molar-refractivity contribution in [1.82, 2.24) is 10.2 Å². The maximum absolute atomic E-state index is 12.3. The van der Waals surface area contributed by atoms with Crippen molar-refractivity contribution in [2.45, 2.75) is 0 Å². The van der Waals surface area contributed by atoms with Crippen LogP contribution in [-0.4, -0.2) is 37.1 Å². The standard InChI is InChI=1S/C13H15N3O2S/c1-15(2)8-11-12(17)16(13(19)14-11)9-4-6-10(18-3)7-5-9/h4-8H,1-3H3,(H,14,19)/b11-8-. The third kappa shape index (κ3) is 2.68. The Morgan fingerprint density at radius 1 is 1.32 bits per heavy atom. The van der Waals surface area contributed by atoms with Crippen LogP contribution in [0.2, 0.25) is 0 Å². The van der Waals surface area contributed by atoms with Crippen LogP contribution < -0.4 is 15.0 Å². The summed E-state index contributed by atoms with van der Waals surface area (Å²) in [6.07, 6.45) is 1.71. The van der Waals surface area contributed by atoms with E-state index in [9.17, 15) is 4.79 Å². The Morgan fingerprint density at radius 2 is 1.95 bits per heavy atom. The number of carbonyl (C=O) groups is 1. The highest BCUT2D eigenvalue weighted by Gasteiger charge is 2.32. The molecule has 0 saturated carbocycles. The normalized spacial score (nSPS) is 16.8. The lowest BCUT2D eigenvalue weighted by molar-refractivity contribution is -0.113. The minimum absolute atomic E-state index is 0.163. The molecular weight excluding hydrogens is 262 g/mol. The summed E-state index contributed by atoms with van der Waals surface area (Å²) in [5, 5.41) is 3.29. The highest BCUT2D eigenvalue weighted by atomic mass is 32.1. The number of nitrogens with zero attached hydrogens (tertiary/aromatic N) is 2. The van der Waals surface area contributed by atoms with Gasteiger partial charge >= 0.3 is 0 Å². The van der Waals surface area contributed by atoms with E-state index in [0.717, 1.165) is 5.75 Å².